The van der Waals surface area contributed by atoms with Gasteiger partial charge in [0.1, 0.15) is 0 Å². The molecule has 7 heteroatoms. The number of unbranched alkanes of at least 4 members (excludes halogenated alkanes) is 1. The van der Waals surface area contributed by atoms with E-state index in [1.807, 2.05) is 12.1 Å². The molecular formula is C19H25ClN4O2. The monoisotopic (exact) mass is 376 g/mol. The summed E-state index contributed by atoms with van der Waals surface area (Å²) in [5, 5.41) is 0.768. The minimum Gasteiger partial charge on any atom is -0.369 e. The molecule has 3 rings (SSSR count). The number of hydrogen-bond acceptors (Lipinski definition) is 4. The summed E-state index contributed by atoms with van der Waals surface area (Å²) in [5.74, 6) is 0. The lowest BCUT2D eigenvalue weighted by atomic mass is 10.2. The van der Waals surface area contributed by atoms with Crippen LogP contribution in [0.5, 0.6) is 0 Å². The van der Waals surface area contributed by atoms with Crippen molar-refractivity contribution in [1.29, 1.82) is 0 Å². The van der Waals surface area contributed by atoms with Gasteiger partial charge in [-0.3, -0.25) is 14.7 Å². The average molecular weight is 377 g/mol. The average Bonchev–Trinajstić information content (AvgIpc) is 2.64. The summed E-state index contributed by atoms with van der Waals surface area (Å²) >= 11 is 5.95. The van der Waals surface area contributed by atoms with E-state index in [0.29, 0.717) is 12.1 Å². The Morgan fingerprint density at radius 3 is 2.35 bits per heavy atom. The van der Waals surface area contributed by atoms with Gasteiger partial charge in [-0.1, -0.05) is 11.6 Å². The molecule has 0 spiro atoms. The Hall–Kier alpha value is -2.05. The van der Waals surface area contributed by atoms with Crippen molar-refractivity contribution < 1.29 is 0 Å². The number of halogens is 1. The molecule has 1 aliphatic heterocycles. The van der Waals surface area contributed by atoms with Crippen molar-refractivity contribution in [3.8, 4) is 0 Å². The lowest BCUT2D eigenvalue weighted by Gasteiger charge is -2.36. The normalized spacial score (nSPS) is 15.4. The van der Waals surface area contributed by atoms with Crippen LogP contribution in [0.4, 0.5) is 5.69 Å². The van der Waals surface area contributed by atoms with Crippen molar-refractivity contribution in [2.24, 2.45) is 0 Å². The number of nitrogens with zero attached hydrogens (tertiary/aromatic N) is 3. The minimum atomic E-state index is -0.322. The number of hydrogen-bond donors (Lipinski definition) is 1. The molecule has 0 unspecified atom stereocenters. The Bertz CT molecular complexity index is 836. The Morgan fingerprint density at radius 1 is 1.00 bits per heavy atom. The predicted octanol–water partition coefficient (Wildman–Crippen LogP) is 2.10. The number of aromatic amines is 1. The van der Waals surface area contributed by atoms with Gasteiger partial charge in [-0.15, -0.1) is 0 Å². The second kappa shape index (κ2) is 8.56. The fraction of sp³-hybridized carbons (Fsp3) is 0.474. The third-order valence-corrected chi connectivity index (χ3v) is 5.13. The van der Waals surface area contributed by atoms with Crippen molar-refractivity contribution in [2.45, 2.75) is 26.3 Å². The van der Waals surface area contributed by atoms with E-state index in [1.54, 1.807) is 17.7 Å². The Balaban J connectivity index is 1.40. The van der Waals surface area contributed by atoms with Gasteiger partial charge >= 0.3 is 5.69 Å². The van der Waals surface area contributed by atoms with Gasteiger partial charge in [-0.2, -0.15) is 0 Å². The number of aromatic nitrogens is 2. The van der Waals surface area contributed by atoms with E-state index < -0.39 is 0 Å². The van der Waals surface area contributed by atoms with Crippen LogP contribution in [0.15, 0.2) is 40.1 Å². The molecule has 6 nitrogen and oxygen atoms in total. The SMILES string of the molecule is Cc1cn(CCCCN2CCN(c3ccc(Cl)cc3)CC2)c(=O)[nH]c1=O. The maximum absolute atomic E-state index is 11.8. The van der Waals surface area contributed by atoms with Crippen molar-refractivity contribution >= 4 is 17.3 Å². The molecule has 0 saturated carbocycles. The second-order valence-electron chi connectivity index (χ2n) is 6.78. The van der Waals surface area contributed by atoms with Crippen LogP contribution in [0.3, 0.4) is 0 Å². The highest BCUT2D eigenvalue weighted by Crippen LogP contribution is 2.19. The summed E-state index contributed by atoms with van der Waals surface area (Å²) in [7, 11) is 0. The van der Waals surface area contributed by atoms with Gasteiger partial charge < -0.3 is 9.47 Å². The Kier molecular flexibility index (Phi) is 6.16. The third kappa shape index (κ3) is 4.77. The quantitative estimate of drug-likeness (QED) is 0.784. The molecule has 1 aromatic carbocycles. The van der Waals surface area contributed by atoms with Crippen LogP contribution < -0.4 is 16.1 Å². The van der Waals surface area contributed by atoms with Crippen LogP contribution in [-0.2, 0) is 6.54 Å². The highest BCUT2D eigenvalue weighted by atomic mass is 35.5. The van der Waals surface area contributed by atoms with E-state index in [4.69, 9.17) is 11.6 Å². The first kappa shape index (κ1) is 18.7. The molecule has 1 N–H and O–H groups in total. The van der Waals surface area contributed by atoms with Crippen molar-refractivity contribution in [3.63, 3.8) is 0 Å². The van der Waals surface area contributed by atoms with Gasteiger partial charge in [0.05, 0.1) is 0 Å². The molecule has 140 valence electrons. The molecule has 0 aliphatic carbocycles. The predicted molar refractivity (Wildman–Crippen MR) is 105 cm³/mol. The van der Waals surface area contributed by atoms with E-state index in [9.17, 15) is 9.59 Å². The highest BCUT2D eigenvalue weighted by molar-refractivity contribution is 6.30. The number of aryl methyl sites for hydroxylation is 2. The van der Waals surface area contributed by atoms with E-state index in [1.165, 1.54) is 5.69 Å². The van der Waals surface area contributed by atoms with Crippen LogP contribution in [-0.4, -0.2) is 47.2 Å². The molecule has 1 aliphatic rings. The highest BCUT2D eigenvalue weighted by Gasteiger charge is 2.16. The van der Waals surface area contributed by atoms with Gasteiger partial charge in [-0.25, -0.2) is 4.79 Å². The van der Waals surface area contributed by atoms with Crippen LogP contribution in [0.2, 0.25) is 5.02 Å². The Morgan fingerprint density at radius 2 is 1.65 bits per heavy atom. The molecule has 1 fully saturated rings. The zero-order valence-corrected chi connectivity index (χ0v) is 15.8. The zero-order valence-electron chi connectivity index (χ0n) is 15.1. The number of nitrogens with one attached hydrogen (secondary N) is 1. The molecule has 1 saturated heterocycles. The van der Waals surface area contributed by atoms with E-state index in [2.05, 4.69) is 26.9 Å². The summed E-state index contributed by atoms with van der Waals surface area (Å²) in [6.45, 7) is 7.50. The largest absolute Gasteiger partial charge is 0.369 e. The molecule has 0 amide bonds. The molecule has 2 heterocycles. The Labute approximate surface area is 158 Å². The van der Waals surface area contributed by atoms with Crippen molar-refractivity contribution in [1.82, 2.24) is 14.5 Å². The summed E-state index contributed by atoms with van der Waals surface area (Å²) in [5.41, 5.74) is 1.17. The summed E-state index contributed by atoms with van der Waals surface area (Å²) < 4.78 is 1.59. The first-order chi connectivity index (χ1) is 12.5. The smallest absolute Gasteiger partial charge is 0.328 e. The molecule has 26 heavy (non-hydrogen) atoms. The first-order valence-electron chi connectivity index (χ1n) is 9.06. The lowest BCUT2D eigenvalue weighted by molar-refractivity contribution is 0.251. The topological polar surface area (TPSA) is 61.3 Å². The van der Waals surface area contributed by atoms with Crippen LogP contribution in [0.1, 0.15) is 18.4 Å². The summed E-state index contributed by atoms with van der Waals surface area (Å²) in [6.07, 6.45) is 3.60. The van der Waals surface area contributed by atoms with Crippen LogP contribution in [0, 0.1) is 6.92 Å². The van der Waals surface area contributed by atoms with Crippen molar-refractivity contribution in [3.05, 3.63) is 61.9 Å². The lowest BCUT2D eigenvalue weighted by Crippen LogP contribution is -2.46. The molecule has 1 aromatic heterocycles. The van der Waals surface area contributed by atoms with Gasteiger partial charge in [0.25, 0.3) is 5.56 Å². The fourth-order valence-electron chi connectivity index (χ4n) is 3.28. The fourth-order valence-corrected chi connectivity index (χ4v) is 3.41. The summed E-state index contributed by atoms with van der Waals surface area (Å²) in [6, 6.07) is 8.01. The minimum absolute atomic E-state index is 0.301. The van der Waals surface area contributed by atoms with Gasteiger partial charge in [0.2, 0.25) is 0 Å². The number of benzene rings is 1. The standard InChI is InChI=1S/C19H25ClN4O2/c1-15-14-24(19(26)21-18(15)25)9-3-2-8-22-10-12-23(13-11-22)17-6-4-16(20)5-7-17/h4-7,14H,2-3,8-13H2,1H3,(H,21,25,26). The maximum Gasteiger partial charge on any atom is 0.328 e. The number of anilines is 1. The first-order valence-corrected chi connectivity index (χ1v) is 9.44. The molecule has 0 atom stereocenters. The second-order valence-corrected chi connectivity index (χ2v) is 7.21. The van der Waals surface area contributed by atoms with Crippen LogP contribution >= 0.6 is 11.6 Å². The molecule has 2 aromatic rings. The molecule has 0 radical (unpaired) electrons. The van der Waals surface area contributed by atoms with Gasteiger partial charge in [0, 0.05) is 55.2 Å². The third-order valence-electron chi connectivity index (χ3n) is 4.88. The number of piperazine rings is 1. The molecule has 0 bridgehead atoms. The van der Waals surface area contributed by atoms with Gasteiger partial charge in [0.15, 0.2) is 0 Å². The van der Waals surface area contributed by atoms with Gasteiger partial charge in [-0.05, 0) is 50.6 Å². The van der Waals surface area contributed by atoms with E-state index in [0.717, 1.165) is 50.6 Å². The molecular weight excluding hydrogens is 352 g/mol. The zero-order chi connectivity index (χ0) is 18.5. The summed E-state index contributed by atoms with van der Waals surface area (Å²) in [4.78, 5) is 30.4. The number of rotatable bonds is 6. The van der Waals surface area contributed by atoms with E-state index in [-0.39, 0.29) is 11.2 Å². The van der Waals surface area contributed by atoms with E-state index >= 15 is 0 Å². The maximum atomic E-state index is 11.8. The number of H-pyrrole nitrogens is 1. The van der Waals surface area contributed by atoms with Crippen LogP contribution in [0.25, 0.3) is 0 Å². The van der Waals surface area contributed by atoms with Crippen molar-refractivity contribution in [2.75, 3.05) is 37.6 Å².